The Kier molecular flexibility index (Phi) is 3.09. The summed E-state index contributed by atoms with van der Waals surface area (Å²) in [4.78, 5) is 40.3. The first-order valence-electron chi connectivity index (χ1n) is 6.68. The third-order valence-corrected chi connectivity index (χ3v) is 3.94. The lowest BCUT2D eigenvalue weighted by molar-refractivity contribution is -0.123. The highest BCUT2D eigenvalue weighted by Crippen LogP contribution is 2.34. The number of hydrogen-bond donors (Lipinski definition) is 3. The van der Waals surface area contributed by atoms with E-state index in [1.807, 2.05) is 6.07 Å². The fraction of sp³-hybridized carbons (Fsp3) is 0.286. The van der Waals surface area contributed by atoms with Gasteiger partial charge in [0.25, 0.3) is 5.91 Å². The van der Waals surface area contributed by atoms with Crippen molar-refractivity contribution in [2.24, 2.45) is 10.7 Å². The molecule has 0 aromatic heterocycles. The van der Waals surface area contributed by atoms with Crippen LogP contribution in [0.1, 0.15) is 12.0 Å². The molecule has 2 aliphatic heterocycles. The first kappa shape index (κ1) is 14.1. The number of carboxylic acid groups (broad SMARTS) is 1. The minimum Gasteiger partial charge on any atom is -0.465 e. The van der Waals surface area contributed by atoms with E-state index in [0.717, 1.165) is 10.5 Å². The second-order valence-electron chi connectivity index (χ2n) is 5.34. The number of benzene rings is 1. The Hall–Kier alpha value is -2.90. The summed E-state index contributed by atoms with van der Waals surface area (Å²) in [5.41, 5.74) is 4.68. The number of nitrogens with one attached hydrogen (secondary N) is 1. The maximum atomic E-state index is 12.3. The number of rotatable bonds is 2. The lowest BCUT2D eigenvalue weighted by Crippen LogP contribution is -2.44. The number of hydrogen-bond acceptors (Lipinski definition) is 4. The summed E-state index contributed by atoms with van der Waals surface area (Å²) in [5.74, 6) is -0.821. The molecule has 3 amide bonds. The van der Waals surface area contributed by atoms with E-state index in [2.05, 4.69) is 10.3 Å². The van der Waals surface area contributed by atoms with E-state index in [1.165, 1.54) is 0 Å². The zero-order valence-electron chi connectivity index (χ0n) is 11.5. The predicted octanol–water partition coefficient (Wildman–Crippen LogP) is -0.461. The molecule has 1 saturated heterocycles. The number of carbonyl (C=O) groups excluding carboxylic acids is 2. The van der Waals surface area contributed by atoms with Crippen molar-refractivity contribution in [3.05, 3.63) is 35.9 Å². The molecule has 1 aromatic carbocycles. The van der Waals surface area contributed by atoms with Crippen molar-refractivity contribution in [3.63, 3.8) is 0 Å². The van der Waals surface area contributed by atoms with Gasteiger partial charge in [0.15, 0.2) is 5.54 Å². The molecule has 114 valence electrons. The molecular weight excluding hydrogens is 288 g/mol. The van der Waals surface area contributed by atoms with Gasteiger partial charge in [-0.1, -0.05) is 30.3 Å². The van der Waals surface area contributed by atoms with Crippen molar-refractivity contribution < 1.29 is 19.5 Å². The number of amidine groups is 1. The Morgan fingerprint density at radius 1 is 1.36 bits per heavy atom. The standard InChI is InChI=1S/C14H14N4O4/c15-10(19)9-6-14(7-18(9)13(21)22)12(20)16-11(17-14)8-4-2-1-3-5-8/h1-5,9H,6-7H2,(H2,15,19)(H,21,22)(H,16,17,20)/t9-,14+/m0/s1. The number of likely N-dealkylation sites (tertiary alicyclic amines) is 1. The molecule has 2 heterocycles. The number of nitrogens with zero attached hydrogens (tertiary/aromatic N) is 2. The number of aliphatic imine (C=N–C) groups is 1. The van der Waals surface area contributed by atoms with Gasteiger partial charge in [0.2, 0.25) is 5.91 Å². The second kappa shape index (κ2) is 4.83. The minimum atomic E-state index is -1.29. The van der Waals surface area contributed by atoms with Gasteiger partial charge < -0.3 is 16.2 Å². The molecule has 1 aromatic rings. The van der Waals surface area contributed by atoms with Crippen LogP contribution in [0, 0.1) is 0 Å². The van der Waals surface area contributed by atoms with Crippen LogP contribution in [0.5, 0.6) is 0 Å². The van der Waals surface area contributed by atoms with Crippen LogP contribution in [0.2, 0.25) is 0 Å². The van der Waals surface area contributed by atoms with Crippen molar-refractivity contribution in [2.45, 2.75) is 18.0 Å². The highest BCUT2D eigenvalue weighted by Gasteiger charge is 2.55. The van der Waals surface area contributed by atoms with E-state index >= 15 is 0 Å². The Morgan fingerprint density at radius 2 is 2.05 bits per heavy atom. The third kappa shape index (κ3) is 2.09. The third-order valence-electron chi connectivity index (χ3n) is 3.94. The van der Waals surface area contributed by atoms with Crippen molar-refractivity contribution in [1.82, 2.24) is 10.2 Å². The molecule has 8 nitrogen and oxygen atoms in total. The van der Waals surface area contributed by atoms with E-state index in [1.54, 1.807) is 24.3 Å². The van der Waals surface area contributed by atoms with Crippen LogP contribution in [0.15, 0.2) is 35.3 Å². The first-order chi connectivity index (χ1) is 10.4. The van der Waals surface area contributed by atoms with Crippen LogP contribution in [-0.4, -0.2) is 51.9 Å². The molecule has 22 heavy (non-hydrogen) atoms. The van der Waals surface area contributed by atoms with Gasteiger partial charge in [-0.15, -0.1) is 0 Å². The van der Waals surface area contributed by atoms with Crippen molar-refractivity contribution in [3.8, 4) is 0 Å². The van der Waals surface area contributed by atoms with E-state index in [4.69, 9.17) is 5.73 Å². The maximum Gasteiger partial charge on any atom is 0.408 e. The molecule has 2 aliphatic rings. The van der Waals surface area contributed by atoms with Gasteiger partial charge in [0.05, 0.1) is 6.54 Å². The summed E-state index contributed by atoms with van der Waals surface area (Å²) in [6.45, 7) is -0.182. The summed E-state index contributed by atoms with van der Waals surface area (Å²) >= 11 is 0. The largest absolute Gasteiger partial charge is 0.465 e. The smallest absolute Gasteiger partial charge is 0.408 e. The van der Waals surface area contributed by atoms with Crippen LogP contribution in [-0.2, 0) is 9.59 Å². The Morgan fingerprint density at radius 3 is 2.59 bits per heavy atom. The van der Waals surface area contributed by atoms with Crippen LogP contribution in [0.4, 0.5) is 4.79 Å². The molecule has 0 saturated carbocycles. The average Bonchev–Trinajstić information content (AvgIpc) is 3.03. The second-order valence-corrected chi connectivity index (χ2v) is 5.34. The molecule has 1 fully saturated rings. The SMILES string of the molecule is NC(=O)[C@@H]1C[C@]2(CN1C(=O)O)N=C(c1ccccc1)NC2=O. The Balaban J connectivity index is 1.97. The van der Waals surface area contributed by atoms with Crippen LogP contribution in [0.25, 0.3) is 0 Å². The number of nitrogens with two attached hydrogens (primary N) is 1. The Bertz CT molecular complexity index is 663. The van der Waals surface area contributed by atoms with Gasteiger partial charge in [0, 0.05) is 12.0 Å². The number of carbonyl (C=O) groups is 3. The lowest BCUT2D eigenvalue weighted by atomic mass is 9.96. The van der Waals surface area contributed by atoms with Crippen molar-refractivity contribution in [1.29, 1.82) is 0 Å². The summed E-state index contributed by atoms with van der Waals surface area (Å²) in [6, 6.07) is 7.96. The van der Waals surface area contributed by atoms with E-state index in [9.17, 15) is 19.5 Å². The van der Waals surface area contributed by atoms with E-state index < -0.39 is 29.5 Å². The summed E-state index contributed by atoms with van der Waals surface area (Å²) in [7, 11) is 0. The maximum absolute atomic E-state index is 12.3. The molecule has 0 aliphatic carbocycles. The first-order valence-corrected chi connectivity index (χ1v) is 6.68. The quantitative estimate of drug-likeness (QED) is 0.683. The van der Waals surface area contributed by atoms with Crippen molar-refractivity contribution in [2.75, 3.05) is 6.54 Å². The lowest BCUT2D eigenvalue weighted by Gasteiger charge is -2.18. The minimum absolute atomic E-state index is 0.0448. The fourth-order valence-electron chi connectivity index (χ4n) is 2.84. The molecular formula is C14H14N4O4. The molecule has 8 heteroatoms. The molecule has 0 radical (unpaired) electrons. The van der Waals surface area contributed by atoms with Crippen LogP contribution < -0.4 is 11.1 Å². The van der Waals surface area contributed by atoms with Gasteiger partial charge in [0.1, 0.15) is 11.9 Å². The molecule has 1 spiro atoms. The number of amides is 3. The fourth-order valence-corrected chi connectivity index (χ4v) is 2.84. The molecule has 0 bridgehead atoms. The molecule has 2 atom stereocenters. The van der Waals surface area contributed by atoms with Gasteiger partial charge in [-0.05, 0) is 0 Å². The summed E-state index contributed by atoms with van der Waals surface area (Å²) in [5, 5.41) is 11.8. The van der Waals surface area contributed by atoms with E-state index in [0.29, 0.717) is 5.84 Å². The summed E-state index contributed by atoms with van der Waals surface area (Å²) < 4.78 is 0. The zero-order valence-corrected chi connectivity index (χ0v) is 11.5. The molecule has 3 rings (SSSR count). The average molecular weight is 302 g/mol. The van der Waals surface area contributed by atoms with Crippen molar-refractivity contribution >= 4 is 23.7 Å². The van der Waals surface area contributed by atoms with Gasteiger partial charge >= 0.3 is 6.09 Å². The topological polar surface area (TPSA) is 125 Å². The van der Waals surface area contributed by atoms with Crippen LogP contribution >= 0.6 is 0 Å². The number of primary amides is 1. The van der Waals surface area contributed by atoms with E-state index in [-0.39, 0.29) is 13.0 Å². The highest BCUT2D eigenvalue weighted by atomic mass is 16.4. The zero-order chi connectivity index (χ0) is 15.9. The van der Waals surface area contributed by atoms with Gasteiger partial charge in [-0.2, -0.15) is 0 Å². The predicted molar refractivity (Wildman–Crippen MR) is 76.2 cm³/mol. The molecule has 4 N–H and O–H groups in total. The molecule has 0 unspecified atom stereocenters. The van der Waals surface area contributed by atoms with Crippen LogP contribution in [0.3, 0.4) is 0 Å². The monoisotopic (exact) mass is 302 g/mol. The normalized spacial score (nSPS) is 26.9. The summed E-state index contributed by atoms with van der Waals surface area (Å²) in [6.07, 6.45) is -1.34. The van der Waals surface area contributed by atoms with Gasteiger partial charge in [-0.25, -0.2) is 9.79 Å². The highest BCUT2D eigenvalue weighted by molar-refractivity contribution is 6.16. The van der Waals surface area contributed by atoms with Gasteiger partial charge in [-0.3, -0.25) is 14.5 Å². The Labute approximate surface area is 125 Å².